The summed E-state index contributed by atoms with van der Waals surface area (Å²) in [5, 5.41) is 6.19. The summed E-state index contributed by atoms with van der Waals surface area (Å²) in [5.74, 6) is 6.56. The third kappa shape index (κ3) is 2.74. The molecule has 0 aliphatic carbocycles. The molecule has 2 aromatic rings. The molecule has 2 rings (SSSR count). The molecule has 0 spiro atoms. The third-order valence-electron chi connectivity index (χ3n) is 2.54. The van der Waals surface area contributed by atoms with E-state index in [0.717, 1.165) is 23.3 Å². The number of nitrogens with two attached hydrogens (primary N) is 1. The van der Waals surface area contributed by atoms with Gasteiger partial charge in [0, 0.05) is 22.3 Å². The van der Waals surface area contributed by atoms with Crippen LogP contribution >= 0.6 is 27.3 Å². The van der Waals surface area contributed by atoms with Crippen LogP contribution in [-0.4, -0.2) is 14.8 Å². The Morgan fingerprint density at radius 3 is 3.06 bits per heavy atom. The van der Waals surface area contributed by atoms with Gasteiger partial charge in [0.2, 0.25) is 0 Å². The van der Waals surface area contributed by atoms with Gasteiger partial charge in [-0.3, -0.25) is 16.0 Å². The first-order chi connectivity index (χ1) is 8.26. The van der Waals surface area contributed by atoms with Crippen molar-refractivity contribution in [3.8, 4) is 0 Å². The van der Waals surface area contributed by atoms with Gasteiger partial charge in [0.1, 0.15) is 12.2 Å². The molecule has 0 fully saturated rings. The monoisotopic (exact) mass is 315 g/mol. The number of aromatic nitrogens is 3. The lowest BCUT2D eigenvalue weighted by Gasteiger charge is -2.14. The zero-order valence-corrected chi connectivity index (χ0v) is 11.8. The van der Waals surface area contributed by atoms with Crippen LogP contribution in [0.1, 0.15) is 23.7 Å². The number of thiophene rings is 1. The Morgan fingerprint density at radius 1 is 1.65 bits per heavy atom. The van der Waals surface area contributed by atoms with Gasteiger partial charge in [0.15, 0.2) is 0 Å². The van der Waals surface area contributed by atoms with Crippen molar-refractivity contribution in [1.29, 1.82) is 0 Å². The van der Waals surface area contributed by atoms with Crippen LogP contribution in [0.2, 0.25) is 0 Å². The lowest BCUT2D eigenvalue weighted by atomic mass is 10.1. The van der Waals surface area contributed by atoms with Crippen molar-refractivity contribution < 1.29 is 0 Å². The fourth-order valence-corrected chi connectivity index (χ4v) is 3.39. The van der Waals surface area contributed by atoms with Crippen molar-refractivity contribution >= 4 is 27.3 Å². The Bertz CT molecular complexity index is 481. The van der Waals surface area contributed by atoms with E-state index in [1.54, 1.807) is 17.7 Å². The summed E-state index contributed by atoms with van der Waals surface area (Å²) in [6, 6.07) is 2.08. The molecular formula is C10H14BrN5S. The Labute approximate surface area is 112 Å². The van der Waals surface area contributed by atoms with Crippen LogP contribution in [0.4, 0.5) is 0 Å². The average molecular weight is 316 g/mol. The molecule has 2 aromatic heterocycles. The number of hydrogen-bond donors (Lipinski definition) is 2. The van der Waals surface area contributed by atoms with E-state index in [1.807, 2.05) is 23.1 Å². The van der Waals surface area contributed by atoms with Gasteiger partial charge in [-0.2, -0.15) is 5.10 Å². The van der Waals surface area contributed by atoms with Crippen molar-refractivity contribution in [3.63, 3.8) is 0 Å². The third-order valence-corrected chi connectivity index (χ3v) is 4.53. The molecule has 0 aromatic carbocycles. The first-order valence-electron chi connectivity index (χ1n) is 5.32. The van der Waals surface area contributed by atoms with Crippen molar-refractivity contribution in [1.82, 2.24) is 20.2 Å². The maximum atomic E-state index is 5.62. The van der Waals surface area contributed by atoms with E-state index in [1.165, 1.54) is 4.88 Å². The van der Waals surface area contributed by atoms with E-state index in [-0.39, 0.29) is 6.04 Å². The molecule has 0 aliphatic rings. The van der Waals surface area contributed by atoms with Gasteiger partial charge >= 0.3 is 0 Å². The Hall–Kier alpha value is -0.760. The number of nitrogens with zero attached hydrogens (tertiary/aromatic N) is 3. The standard InChI is InChI=1S/C10H14BrN5S/c1-2-16-9(13-6-14-16)5-8(15-12)10-7(11)3-4-17-10/h3-4,6,8,15H,2,5,12H2,1H3. The molecule has 3 N–H and O–H groups in total. The molecule has 0 saturated heterocycles. The van der Waals surface area contributed by atoms with E-state index in [0.29, 0.717) is 0 Å². The highest BCUT2D eigenvalue weighted by Crippen LogP contribution is 2.30. The van der Waals surface area contributed by atoms with E-state index >= 15 is 0 Å². The van der Waals surface area contributed by atoms with Crippen molar-refractivity contribution in [2.24, 2.45) is 5.84 Å². The molecule has 0 saturated carbocycles. The fraction of sp³-hybridized carbons (Fsp3) is 0.400. The van der Waals surface area contributed by atoms with Crippen LogP contribution in [0.15, 0.2) is 22.2 Å². The van der Waals surface area contributed by atoms with Gasteiger partial charge in [-0.1, -0.05) is 0 Å². The highest BCUT2D eigenvalue weighted by molar-refractivity contribution is 9.10. The van der Waals surface area contributed by atoms with Gasteiger partial charge in [-0.15, -0.1) is 11.3 Å². The Morgan fingerprint density at radius 2 is 2.47 bits per heavy atom. The Balaban J connectivity index is 2.19. The van der Waals surface area contributed by atoms with Gasteiger partial charge in [0.25, 0.3) is 0 Å². The topological polar surface area (TPSA) is 68.8 Å². The summed E-state index contributed by atoms with van der Waals surface area (Å²) in [6.45, 7) is 2.86. The lowest BCUT2D eigenvalue weighted by molar-refractivity contribution is 0.515. The molecule has 17 heavy (non-hydrogen) atoms. The van der Waals surface area contributed by atoms with Gasteiger partial charge in [0.05, 0.1) is 6.04 Å². The number of halogens is 1. The van der Waals surface area contributed by atoms with E-state index in [4.69, 9.17) is 5.84 Å². The predicted molar refractivity (Wildman–Crippen MR) is 71.5 cm³/mol. The molecule has 92 valence electrons. The zero-order chi connectivity index (χ0) is 12.3. The minimum Gasteiger partial charge on any atom is -0.271 e. The SMILES string of the molecule is CCn1ncnc1CC(NN)c1sccc1Br. The molecular weight excluding hydrogens is 302 g/mol. The number of aryl methyl sites for hydroxylation is 1. The molecule has 1 atom stereocenters. The maximum Gasteiger partial charge on any atom is 0.138 e. The molecule has 1 unspecified atom stereocenters. The smallest absolute Gasteiger partial charge is 0.138 e. The summed E-state index contributed by atoms with van der Waals surface area (Å²) in [6.07, 6.45) is 2.30. The first kappa shape index (κ1) is 12.7. The highest BCUT2D eigenvalue weighted by Gasteiger charge is 2.17. The molecule has 0 aliphatic heterocycles. The Kier molecular flexibility index (Phi) is 4.27. The molecule has 5 nitrogen and oxygen atoms in total. The van der Waals surface area contributed by atoms with Crippen LogP contribution in [-0.2, 0) is 13.0 Å². The summed E-state index contributed by atoms with van der Waals surface area (Å²) in [5.41, 5.74) is 2.83. The zero-order valence-electron chi connectivity index (χ0n) is 9.43. The van der Waals surface area contributed by atoms with Crippen LogP contribution < -0.4 is 11.3 Å². The minimum absolute atomic E-state index is 0.0545. The van der Waals surface area contributed by atoms with Crippen LogP contribution in [0, 0.1) is 0 Å². The van der Waals surface area contributed by atoms with E-state index in [2.05, 4.69) is 31.4 Å². The average Bonchev–Trinajstić information content (AvgIpc) is 2.94. The second-order valence-corrected chi connectivity index (χ2v) is 5.35. The van der Waals surface area contributed by atoms with E-state index in [9.17, 15) is 0 Å². The molecule has 0 radical (unpaired) electrons. The number of nitrogens with one attached hydrogen (secondary N) is 1. The molecule has 2 heterocycles. The van der Waals surface area contributed by atoms with Gasteiger partial charge < -0.3 is 0 Å². The van der Waals surface area contributed by atoms with Gasteiger partial charge in [-0.05, 0) is 34.3 Å². The maximum absolute atomic E-state index is 5.62. The molecule has 0 bridgehead atoms. The second kappa shape index (κ2) is 5.72. The van der Waals surface area contributed by atoms with Crippen LogP contribution in [0.3, 0.4) is 0 Å². The summed E-state index contributed by atoms with van der Waals surface area (Å²) < 4.78 is 2.96. The molecule has 7 heteroatoms. The summed E-state index contributed by atoms with van der Waals surface area (Å²) in [7, 11) is 0. The number of rotatable bonds is 5. The largest absolute Gasteiger partial charge is 0.271 e. The fourth-order valence-electron chi connectivity index (χ4n) is 1.67. The van der Waals surface area contributed by atoms with Crippen LogP contribution in [0.5, 0.6) is 0 Å². The predicted octanol–water partition coefficient (Wildman–Crippen LogP) is 1.87. The highest BCUT2D eigenvalue weighted by atomic mass is 79.9. The minimum atomic E-state index is 0.0545. The van der Waals surface area contributed by atoms with Crippen LogP contribution in [0.25, 0.3) is 0 Å². The van der Waals surface area contributed by atoms with Crippen molar-refractivity contribution in [3.05, 3.63) is 32.9 Å². The molecule has 0 amide bonds. The lowest BCUT2D eigenvalue weighted by Crippen LogP contribution is -2.30. The summed E-state index contributed by atoms with van der Waals surface area (Å²) >= 11 is 5.19. The number of hydrogen-bond acceptors (Lipinski definition) is 5. The van der Waals surface area contributed by atoms with Gasteiger partial charge in [-0.25, -0.2) is 4.98 Å². The second-order valence-electron chi connectivity index (χ2n) is 3.55. The first-order valence-corrected chi connectivity index (χ1v) is 6.99. The normalized spacial score (nSPS) is 12.9. The van der Waals surface area contributed by atoms with Crippen molar-refractivity contribution in [2.45, 2.75) is 25.9 Å². The summed E-state index contributed by atoms with van der Waals surface area (Å²) in [4.78, 5) is 5.44. The van der Waals surface area contributed by atoms with Crippen molar-refractivity contribution in [2.75, 3.05) is 0 Å². The quantitative estimate of drug-likeness (QED) is 0.653. The van der Waals surface area contributed by atoms with E-state index < -0.39 is 0 Å². The number of hydrazine groups is 1.